The standard InChI is InChI=1S/C15H12ClFN2O/c16-15-8-14(7-13(10-18)19-15)20-6-5-11-1-3-12(9-17)4-2-11/h1-4,7-8H,5-6,9H2. The van der Waals surface area contributed by atoms with E-state index >= 15 is 0 Å². The molecule has 20 heavy (non-hydrogen) atoms. The van der Waals surface area contributed by atoms with E-state index in [1.165, 1.54) is 6.07 Å². The molecule has 0 amide bonds. The van der Waals surface area contributed by atoms with Crippen molar-refractivity contribution >= 4 is 11.6 Å². The Morgan fingerprint density at radius 1 is 1.20 bits per heavy atom. The Bertz CT molecular complexity index is 623. The summed E-state index contributed by atoms with van der Waals surface area (Å²) in [5, 5.41) is 9.01. The third kappa shape index (κ3) is 3.94. The number of nitrogens with zero attached hydrogens (tertiary/aromatic N) is 2. The Morgan fingerprint density at radius 3 is 2.55 bits per heavy atom. The number of hydrogen-bond acceptors (Lipinski definition) is 3. The SMILES string of the molecule is N#Cc1cc(OCCc2ccc(CF)cc2)cc(Cl)n1. The fraction of sp³-hybridized carbons (Fsp3) is 0.200. The normalized spacial score (nSPS) is 10.1. The molecule has 0 aliphatic rings. The van der Waals surface area contributed by atoms with Gasteiger partial charge in [0, 0.05) is 18.6 Å². The Labute approximate surface area is 121 Å². The van der Waals surface area contributed by atoms with Crippen molar-refractivity contribution < 1.29 is 9.13 Å². The van der Waals surface area contributed by atoms with Crippen molar-refractivity contribution in [2.45, 2.75) is 13.1 Å². The molecule has 102 valence electrons. The molecule has 0 N–H and O–H groups in total. The van der Waals surface area contributed by atoms with Crippen molar-refractivity contribution in [3.63, 3.8) is 0 Å². The van der Waals surface area contributed by atoms with Gasteiger partial charge in [-0.25, -0.2) is 9.37 Å². The van der Waals surface area contributed by atoms with E-state index in [0.29, 0.717) is 24.3 Å². The van der Waals surface area contributed by atoms with Crippen LogP contribution in [0.25, 0.3) is 0 Å². The Balaban J connectivity index is 1.92. The molecule has 1 heterocycles. The van der Waals surface area contributed by atoms with Crippen molar-refractivity contribution in [1.82, 2.24) is 4.98 Å². The summed E-state index contributed by atoms with van der Waals surface area (Å²) < 4.78 is 17.9. The minimum atomic E-state index is -0.455. The molecule has 1 aromatic heterocycles. The Kier molecular flexibility index (Phi) is 4.91. The molecule has 0 aliphatic carbocycles. The number of alkyl halides is 1. The van der Waals surface area contributed by atoms with Gasteiger partial charge in [-0.05, 0) is 11.1 Å². The topological polar surface area (TPSA) is 45.9 Å². The fourth-order valence-corrected chi connectivity index (χ4v) is 1.89. The van der Waals surface area contributed by atoms with Crippen LogP contribution in [0.3, 0.4) is 0 Å². The molecule has 0 atom stereocenters. The lowest BCUT2D eigenvalue weighted by atomic mass is 10.1. The summed E-state index contributed by atoms with van der Waals surface area (Å²) in [6, 6.07) is 12.3. The van der Waals surface area contributed by atoms with Crippen molar-refractivity contribution in [3.05, 3.63) is 58.4 Å². The molecule has 0 saturated heterocycles. The van der Waals surface area contributed by atoms with Crippen molar-refractivity contribution in [2.75, 3.05) is 6.61 Å². The number of pyridine rings is 1. The minimum absolute atomic E-state index is 0.222. The minimum Gasteiger partial charge on any atom is -0.493 e. The Morgan fingerprint density at radius 2 is 1.90 bits per heavy atom. The predicted molar refractivity (Wildman–Crippen MR) is 74.4 cm³/mol. The summed E-state index contributed by atoms with van der Waals surface area (Å²) in [6.45, 7) is -0.0105. The van der Waals surface area contributed by atoms with Gasteiger partial charge in [0.2, 0.25) is 0 Å². The van der Waals surface area contributed by atoms with E-state index < -0.39 is 6.67 Å². The smallest absolute Gasteiger partial charge is 0.145 e. The maximum absolute atomic E-state index is 12.4. The molecule has 2 rings (SSSR count). The number of ether oxygens (including phenoxy) is 1. The maximum Gasteiger partial charge on any atom is 0.145 e. The van der Waals surface area contributed by atoms with Crippen LogP contribution in [0.1, 0.15) is 16.8 Å². The molecule has 3 nitrogen and oxygen atoms in total. The highest BCUT2D eigenvalue weighted by atomic mass is 35.5. The number of rotatable bonds is 5. The first kappa shape index (κ1) is 14.3. The summed E-state index contributed by atoms with van der Waals surface area (Å²) in [5.41, 5.74) is 1.94. The summed E-state index contributed by atoms with van der Waals surface area (Å²) in [5.74, 6) is 0.516. The van der Waals surface area contributed by atoms with Crippen LogP contribution >= 0.6 is 11.6 Å². The van der Waals surface area contributed by atoms with Crippen LogP contribution in [0.2, 0.25) is 5.15 Å². The quantitative estimate of drug-likeness (QED) is 0.789. The lowest BCUT2D eigenvalue weighted by molar-refractivity contribution is 0.321. The van der Waals surface area contributed by atoms with Gasteiger partial charge in [0.1, 0.15) is 29.3 Å². The van der Waals surface area contributed by atoms with Crippen LogP contribution in [-0.4, -0.2) is 11.6 Å². The van der Waals surface area contributed by atoms with Crippen LogP contribution in [0.4, 0.5) is 4.39 Å². The number of aromatic nitrogens is 1. The number of nitriles is 1. The van der Waals surface area contributed by atoms with Gasteiger partial charge in [0.15, 0.2) is 0 Å². The monoisotopic (exact) mass is 290 g/mol. The van der Waals surface area contributed by atoms with Crippen molar-refractivity contribution in [3.8, 4) is 11.8 Å². The zero-order valence-electron chi connectivity index (χ0n) is 10.6. The lowest BCUT2D eigenvalue weighted by Gasteiger charge is -2.07. The van der Waals surface area contributed by atoms with E-state index in [0.717, 1.165) is 5.56 Å². The van der Waals surface area contributed by atoms with Gasteiger partial charge in [0.05, 0.1) is 6.61 Å². The summed E-state index contributed by atoms with van der Waals surface area (Å²) in [6.07, 6.45) is 0.689. The Hall–Kier alpha value is -2.12. The second-order valence-electron chi connectivity index (χ2n) is 4.17. The average molecular weight is 291 g/mol. The molecule has 5 heteroatoms. The van der Waals surface area contributed by atoms with Gasteiger partial charge < -0.3 is 4.74 Å². The molecular formula is C15H12ClFN2O. The second kappa shape index (κ2) is 6.88. The zero-order valence-corrected chi connectivity index (χ0v) is 11.4. The van der Waals surface area contributed by atoms with Crippen LogP contribution in [0, 0.1) is 11.3 Å². The molecule has 0 spiro atoms. The number of halogens is 2. The van der Waals surface area contributed by atoms with Crippen LogP contribution < -0.4 is 4.74 Å². The van der Waals surface area contributed by atoms with E-state index in [1.54, 1.807) is 18.2 Å². The second-order valence-corrected chi connectivity index (χ2v) is 4.56. The molecular weight excluding hydrogens is 279 g/mol. The number of hydrogen-bond donors (Lipinski definition) is 0. The first-order valence-electron chi connectivity index (χ1n) is 6.05. The first-order valence-corrected chi connectivity index (χ1v) is 6.43. The van der Waals surface area contributed by atoms with E-state index in [-0.39, 0.29) is 10.8 Å². The largest absolute Gasteiger partial charge is 0.493 e. The van der Waals surface area contributed by atoms with Crippen molar-refractivity contribution in [1.29, 1.82) is 5.26 Å². The van der Waals surface area contributed by atoms with Crippen LogP contribution in [0.15, 0.2) is 36.4 Å². The van der Waals surface area contributed by atoms with Gasteiger partial charge in [-0.2, -0.15) is 5.26 Å². The zero-order chi connectivity index (χ0) is 14.4. The first-order chi connectivity index (χ1) is 9.71. The van der Waals surface area contributed by atoms with Gasteiger partial charge in [-0.3, -0.25) is 0 Å². The van der Waals surface area contributed by atoms with E-state index in [9.17, 15) is 4.39 Å². The van der Waals surface area contributed by atoms with Crippen molar-refractivity contribution in [2.24, 2.45) is 0 Å². The van der Waals surface area contributed by atoms with Gasteiger partial charge >= 0.3 is 0 Å². The van der Waals surface area contributed by atoms with E-state index in [4.69, 9.17) is 21.6 Å². The van der Waals surface area contributed by atoms with E-state index in [1.807, 2.05) is 18.2 Å². The molecule has 0 saturated carbocycles. The third-order valence-electron chi connectivity index (χ3n) is 2.72. The average Bonchev–Trinajstić information content (AvgIpc) is 2.47. The summed E-state index contributed by atoms with van der Waals surface area (Å²) in [4.78, 5) is 3.83. The summed E-state index contributed by atoms with van der Waals surface area (Å²) in [7, 11) is 0. The molecule has 0 fully saturated rings. The van der Waals surface area contributed by atoms with Crippen LogP contribution in [0.5, 0.6) is 5.75 Å². The van der Waals surface area contributed by atoms with Gasteiger partial charge in [-0.1, -0.05) is 35.9 Å². The van der Waals surface area contributed by atoms with Crippen LogP contribution in [-0.2, 0) is 13.1 Å². The lowest BCUT2D eigenvalue weighted by Crippen LogP contribution is -2.02. The van der Waals surface area contributed by atoms with Gasteiger partial charge in [-0.15, -0.1) is 0 Å². The fourth-order valence-electron chi connectivity index (χ4n) is 1.70. The third-order valence-corrected chi connectivity index (χ3v) is 2.91. The number of benzene rings is 1. The van der Waals surface area contributed by atoms with Gasteiger partial charge in [0.25, 0.3) is 0 Å². The summed E-state index contributed by atoms with van der Waals surface area (Å²) >= 11 is 5.78. The predicted octanol–water partition coefficient (Wildman–Crippen LogP) is 3.70. The molecule has 0 radical (unpaired) electrons. The van der Waals surface area contributed by atoms with E-state index in [2.05, 4.69) is 4.98 Å². The molecule has 2 aromatic rings. The highest BCUT2D eigenvalue weighted by Gasteiger charge is 2.02. The molecule has 0 bridgehead atoms. The highest BCUT2D eigenvalue weighted by Crippen LogP contribution is 2.17. The molecule has 1 aromatic carbocycles. The highest BCUT2D eigenvalue weighted by molar-refractivity contribution is 6.29. The molecule has 0 unspecified atom stereocenters. The molecule has 0 aliphatic heterocycles. The maximum atomic E-state index is 12.4.